The summed E-state index contributed by atoms with van der Waals surface area (Å²) in [5, 5.41) is 2.44. The van der Waals surface area contributed by atoms with Gasteiger partial charge in [0.05, 0.1) is 18.0 Å². The van der Waals surface area contributed by atoms with E-state index in [2.05, 4.69) is 15.3 Å². The fourth-order valence-corrected chi connectivity index (χ4v) is 2.45. The zero-order valence-electron chi connectivity index (χ0n) is 13.7. The van der Waals surface area contributed by atoms with Crippen LogP contribution < -0.4 is 10.2 Å². The molecule has 27 heavy (non-hydrogen) atoms. The van der Waals surface area contributed by atoms with E-state index < -0.39 is 29.5 Å². The first-order valence-corrected chi connectivity index (χ1v) is 7.75. The standard InChI is InChI=1S/C16H13F4N5O2/c17-11-7-21-14(22-8-11)25-6-5-24(9-13(25)26)15(27)23-12-3-1-10(2-4-12)16(18,19)20/h1-4,7-8H,5-6,9H2,(H,23,27). The molecule has 1 aromatic heterocycles. The smallest absolute Gasteiger partial charge is 0.313 e. The number of hydrogen-bond donors (Lipinski definition) is 1. The second-order valence-electron chi connectivity index (χ2n) is 5.67. The second kappa shape index (κ2) is 7.17. The molecule has 3 amide bonds. The van der Waals surface area contributed by atoms with Crippen molar-refractivity contribution >= 4 is 23.6 Å². The first-order chi connectivity index (χ1) is 12.7. The molecule has 0 unspecified atom stereocenters. The predicted octanol–water partition coefficient (Wildman–Crippen LogP) is 2.52. The Morgan fingerprint density at radius 2 is 1.70 bits per heavy atom. The van der Waals surface area contributed by atoms with Crippen molar-refractivity contribution in [3.05, 3.63) is 48.0 Å². The predicted molar refractivity (Wildman–Crippen MR) is 86.4 cm³/mol. The van der Waals surface area contributed by atoms with E-state index in [9.17, 15) is 27.2 Å². The summed E-state index contributed by atoms with van der Waals surface area (Å²) in [5.41, 5.74) is -0.659. The minimum Gasteiger partial charge on any atom is -0.313 e. The fraction of sp³-hybridized carbons (Fsp3) is 0.250. The highest BCUT2D eigenvalue weighted by Gasteiger charge is 2.31. The summed E-state index contributed by atoms with van der Waals surface area (Å²) in [6, 6.07) is 3.34. The number of alkyl halides is 3. The van der Waals surface area contributed by atoms with Gasteiger partial charge >= 0.3 is 12.2 Å². The van der Waals surface area contributed by atoms with Crippen molar-refractivity contribution in [2.45, 2.75) is 6.18 Å². The fourth-order valence-electron chi connectivity index (χ4n) is 2.45. The van der Waals surface area contributed by atoms with Crippen LogP contribution in [0.4, 0.5) is 34.0 Å². The van der Waals surface area contributed by atoms with Crippen molar-refractivity contribution < 1.29 is 27.2 Å². The molecule has 0 aliphatic carbocycles. The third kappa shape index (κ3) is 4.30. The third-order valence-corrected chi connectivity index (χ3v) is 3.82. The molecule has 0 saturated carbocycles. The average molecular weight is 383 g/mol. The molecular weight excluding hydrogens is 370 g/mol. The van der Waals surface area contributed by atoms with Crippen molar-refractivity contribution in [1.29, 1.82) is 0 Å². The molecule has 0 spiro atoms. The molecule has 0 radical (unpaired) electrons. The van der Waals surface area contributed by atoms with E-state index in [-0.39, 0.29) is 31.3 Å². The Balaban J connectivity index is 1.60. The van der Waals surface area contributed by atoms with Gasteiger partial charge < -0.3 is 10.2 Å². The number of anilines is 2. The van der Waals surface area contributed by atoms with Gasteiger partial charge in [-0.1, -0.05) is 0 Å². The number of aromatic nitrogens is 2. The van der Waals surface area contributed by atoms with Crippen LogP contribution in [0.3, 0.4) is 0 Å². The molecule has 7 nitrogen and oxygen atoms in total. The molecule has 1 fully saturated rings. The highest BCUT2D eigenvalue weighted by Crippen LogP contribution is 2.29. The van der Waals surface area contributed by atoms with Crippen LogP contribution >= 0.6 is 0 Å². The minimum atomic E-state index is -4.46. The summed E-state index contributed by atoms with van der Waals surface area (Å²) in [7, 11) is 0. The summed E-state index contributed by atoms with van der Waals surface area (Å²) < 4.78 is 50.5. The molecule has 1 saturated heterocycles. The lowest BCUT2D eigenvalue weighted by atomic mass is 10.2. The molecule has 0 bridgehead atoms. The topological polar surface area (TPSA) is 78.4 Å². The first-order valence-electron chi connectivity index (χ1n) is 7.75. The number of piperazine rings is 1. The van der Waals surface area contributed by atoms with E-state index in [1.165, 1.54) is 9.80 Å². The quantitative estimate of drug-likeness (QED) is 0.809. The van der Waals surface area contributed by atoms with Crippen LogP contribution in [-0.2, 0) is 11.0 Å². The zero-order valence-corrected chi connectivity index (χ0v) is 13.7. The van der Waals surface area contributed by atoms with Gasteiger partial charge in [0, 0.05) is 18.8 Å². The van der Waals surface area contributed by atoms with Gasteiger partial charge in [-0.25, -0.2) is 19.2 Å². The Kier molecular flexibility index (Phi) is 4.93. The van der Waals surface area contributed by atoms with Crippen molar-refractivity contribution in [2.75, 3.05) is 29.9 Å². The molecule has 2 aromatic rings. The van der Waals surface area contributed by atoms with Gasteiger partial charge in [-0.05, 0) is 24.3 Å². The molecule has 11 heteroatoms. The van der Waals surface area contributed by atoms with Gasteiger partial charge in [0.25, 0.3) is 0 Å². The van der Waals surface area contributed by atoms with Crippen molar-refractivity contribution in [3.8, 4) is 0 Å². The number of nitrogens with zero attached hydrogens (tertiary/aromatic N) is 4. The Labute approximate surface area is 150 Å². The van der Waals surface area contributed by atoms with E-state index in [4.69, 9.17) is 0 Å². The van der Waals surface area contributed by atoms with Gasteiger partial charge in [0.1, 0.15) is 6.54 Å². The highest BCUT2D eigenvalue weighted by molar-refractivity contribution is 5.98. The van der Waals surface area contributed by atoms with Crippen LogP contribution in [0.15, 0.2) is 36.7 Å². The number of urea groups is 1. The molecule has 1 aliphatic heterocycles. The molecular formula is C16H13F4N5O2. The van der Waals surface area contributed by atoms with Gasteiger partial charge in [-0.3, -0.25) is 9.69 Å². The molecule has 1 N–H and O–H groups in total. The lowest BCUT2D eigenvalue weighted by Crippen LogP contribution is -2.53. The normalized spacial score (nSPS) is 15.0. The van der Waals surface area contributed by atoms with Gasteiger partial charge in [-0.2, -0.15) is 13.2 Å². The molecule has 1 aliphatic rings. The zero-order chi connectivity index (χ0) is 19.6. The van der Waals surface area contributed by atoms with Crippen LogP contribution in [0.25, 0.3) is 0 Å². The van der Waals surface area contributed by atoms with Crippen molar-refractivity contribution in [1.82, 2.24) is 14.9 Å². The first kappa shape index (κ1) is 18.5. The van der Waals surface area contributed by atoms with Crippen LogP contribution in [0.2, 0.25) is 0 Å². The van der Waals surface area contributed by atoms with Crippen LogP contribution in [0, 0.1) is 5.82 Å². The van der Waals surface area contributed by atoms with Crippen molar-refractivity contribution in [2.24, 2.45) is 0 Å². The number of rotatable bonds is 2. The minimum absolute atomic E-state index is 0.0317. The number of amides is 3. The number of carbonyl (C=O) groups is 2. The Hall–Kier alpha value is -3.24. The Bertz CT molecular complexity index is 839. The molecule has 3 rings (SSSR count). The number of benzene rings is 1. The van der Waals surface area contributed by atoms with Crippen LogP contribution in [0.5, 0.6) is 0 Å². The highest BCUT2D eigenvalue weighted by atomic mass is 19.4. The molecule has 2 heterocycles. The van der Waals surface area contributed by atoms with Crippen LogP contribution in [-0.4, -0.2) is 46.4 Å². The Morgan fingerprint density at radius 3 is 2.26 bits per heavy atom. The van der Waals surface area contributed by atoms with E-state index in [1.54, 1.807) is 0 Å². The Morgan fingerprint density at radius 1 is 1.07 bits per heavy atom. The molecule has 142 valence electrons. The lowest BCUT2D eigenvalue weighted by molar-refractivity contribution is -0.137. The monoisotopic (exact) mass is 383 g/mol. The maximum atomic E-state index is 12.9. The molecule has 1 aromatic carbocycles. The summed E-state index contributed by atoms with van der Waals surface area (Å²) in [6.45, 7) is -0.0168. The van der Waals surface area contributed by atoms with E-state index in [0.717, 1.165) is 36.7 Å². The van der Waals surface area contributed by atoms with E-state index >= 15 is 0 Å². The summed E-state index contributed by atoms with van der Waals surface area (Å²) in [5.74, 6) is -1.07. The number of carbonyl (C=O) groups excluding carboxylic acids is 2. The average Bonchev–Trinajstić information content (AvgIpc) is 2.62. The summed E-state index contributed by atoms with van der Waals surface area (Å²) in [4.78, 5) is 34.3. The van der Waals surface area contributed by atoms with Gasteiger partial charge in [0.2, 0.25) is 11.9 Å². The third-order valence-electron chi connectivity index (χ3n) is 3.82. The summed E-state index contributed by atoms with van der Waals surface area (Å²) >= 11 is 0. The van der Waals surface area contributed by atoms with Gasteiger partial charge in [0.15, 0.2) is 5.82 Å². The van der Waals surface area contributed by atoms with Crippen molar-refractivity contribution in [3.63, 3.8) is 0 Å². The largest absolute Gasteiger partial charge is 0.416 e. The maximum Gasteiger partial charge on any atom is 0.416 e. The number of hydrogen-bond acceptors (Lipinski definition) is 4. The van der Waals surface area contributed by atoms with Crippen LogP contribution in [0.1, 0.15) is 5.56 Å². The number of nitrogens with one attached hydrogen (secondary N) is 1. The maximum absolute atomic E-state index is 12.9. The second-order valence-corrected chi connectivity index (χ2v) is 5.67. The number of halogens is 4. The van der Waals surface area contributed by atoms with E-state index in [0.29, 0.717) is 0 Å². The van der Waals surface area contributed by atoms with E-state index in [1.807, 2.05) is 0 Å². The lowest BCUT2D eigenvalue weighted by Gasteiger charge is -2.32. The van der Waals surface area contributed by atoms with Gasteiger partial charge in [-0.15, -0.1) is 0 Å². The SMILES string of the molecule is O=C(Nc1ccc(C(F)(F)F)cc1)N1CCN(c2ncc(F)cn2)C(=O)C1. The molecule has 0 atom stereocenters. The summed E-state index contributed by atoms with van der Waals surface area (Å²) in [6.07, 6.45) is -2.60.